The summed E-state index contributed by atoms with van der Waals surface area (Å²) in [6, 6.07) is -0.505. The van der Waals surface area contributed by atoms with Gasteiger partial charge in [0.25, 0.3) is 5.91 Å². The van der Waals surface area contributed by atoms with Gasteiger partial charge in [0.1, 0.15) is 17.9 Å². The number of carbonyl (C=O) groups is 3. The molecule has 0 bridgehead atoms. The average molecular weight is 365 g/mol. The molecule has 140 valence electrons. The van der Waals surface area contributed by atoms with Gasteiger partial charge in [-0.1, -0.05) is 0 Å². The van der Waals surface area contributed by atoms with Crippen LogP contribution < -0.4 is 16.0 Å². The number of alkyl halides is 3. The fourth-order valence-electron chi connectivity index (χ4n) is 1.96. The highest BCUT2D eigenvalue weighted by atomic mass is 19.4. The minimum atomic E-state index is -4.88. The van der Waals surface area contributed by atoms with E-state index in [4.69, 9.17) is 4.74 Å². The quantitative estimate of drug-likeness (QED) is 0.726. The van der Waals surface area contributed by atoms with Crippen LogP contribution in [-0.2, 0) is 15.7 Å². The van der Waals surface area contributed by atoms with Gasteiger partial charge < -0.3 is 25.1 Å². The molecule has 0 fully saturated rings. The highest BCUT2D eigenvalue weighted by Crippen LogP contribution is 2.34. The smallest absolute Gasteiger partial charge is 0.450 e. The first-order valence-electron chi connectivity index (χ1n) is 7.09. The topological polar surface area (TPSA) is 110 Å². The third-order valence-corrected chi connectivity index (χ3v) is 3.14. The molecule has 1 aromatic heterocycles. The molecule has 8 nitrogen and oxygen atoms in total. The molecule has 0 radical (unpaired) electrons. The van der Waals surface area contributed by atoms with E-state index in [1.54, 1.807) is 0 Å². The molecule has 0 saturated heterocycles. The summed E-state index contributed by atoms with van der Waals surface area (Å²) in [7, 11) is 2.55. The summed E-state index contributed by atoms with van der Waals surface area (Å²) in [6.45, 7) is 2.56. The molecule has 0 spiro atoms. The third-order valence-electron chi connectivity index (χ3n) is 3.14. The number of hydrogen-bond acceptors (Lipinski definition) is 5. The maximum Gasteiger partial charge on any atom is 0.450 e. The third kappa shape index (κ3) is 5.13. The van der Waals surface area contributed by atoms with Crippen LogP contribution in [0.25, 0.3) is 0 Å². The summed E-state index contributed by atoms with van der Waals surface area (Å²) in [4.78, 5) is 35.3. The summed E-state index contributed by atoms with van der Waals surface area (Å²) in [5, 5.41) is 6.51. The van der Waals surface area contributed by atoms with E-state index < -0.39 is 47.6 Å². The molecule has 2 atom stereocenters. The largest absolute Gasteiger partial charge is 0.456 e. The first kappa shape index (κ1) is 20.3. The maximum absolute atomic E-state index is 12.9. The van der Waals surface area contributed by atoms with E-state index in [0.29, 0.717) is 0 Å². The van der Waals surface area contributed by atoms with Crippen molar-refractivity contribution < 1.29 is 36.7 Å². The van der Waals surface area contributed by atoms with Crippen molar-refractivity contribution >= 4 is 17.9 Å². The highest BCUT2D eigenvalue weighted by molar-refractivity contribution is 5.98. The van der Waals surface area contributed by atoms with Crippen LogP contribution in [0.15, 0.2) is 10.5 Å². The molecule has 1 aromatic rings. The van der Waals surface area contributed by atoms with E-state index in [-0.39, 0.29) is 5.76 Å². The number of nitrogens with one attached hydrogen (secondary N) is 3. The van der Waals surface area contributed by atoms with Crippen molar-refractivity contribution in [3.8, 4) is 0 Å². The van der Waals surface area contributed by atoms with Crippen molar-refractivity contribution in [2.45, 2.75) is 32.2 Å². The number of amides is 3. The van der Waals surface area contributed by atoms with Crippen molar-refractivity contribution in [1.29, 1.82) is 0 Å². The van der Waals surface area contributed by atoms with E-state index >= 15 is 0 Å². The van der Waals surface area contributed by atoms with Gasteiger partial charge in [-0.05, 0) is 19.9 Å². The molecule has 0 aliphatic heterocycles. The van der Waals surface area contributed by atoms with Crippen LogP contribution >= 0.6 is 0 Å². The predicted octanol–water partition coefficient (Wildman–Crippen LogP) is 1.20. The number of hydrogen-bond donors (Lipinski definition) is 3. The first-order chi connectivity index (χ1) is 11.5. The van der Waals surface area contributed by atoms with E-state index in [0.717, 1.165) is 6.07 Å². The molecule has 25 heavy (non-hydrogen) atoms. The minimum absolute atomic E-state index is 0.122. The summed E-state index contributed by atoms with van der Waals surface area (Å²) in [5.74, 6) is -3.54. The van der Waals surface area contributed by atoms with Gasteiger partial charge in [-0.2, -0.15) is 13.2 Å². The molecule has 0 aromatic carbocycles. The van der Waals surface area contributed by atoms with Crippen molar-refractivity contribution in [3.63, 3.8) is 0 Å². The molecular weight excluding hydrogens is 347 g/mol. The van der Waals surface area contributed by atoms with E-state index in [9.17, 15) is 27.6 Å². The van der Waals surface area contributed by atoms with Crippen LogP contribution in [-0.4, -0.2) is 44.1 Å². The monoisotopic (exact) mass is 365 g/mol. The van der Waals surface area contributed by atoms with Gasteiger partial charge in [-0.15, -0.1) is 0 Å². The fraction of sp³-hybridized carbons (Fsp3) is 0.500. The van der Waals surface area contributed by atoms with Gasteiger partial charge in [-0.25, -0.2) is 4.79 Å². The van der Waals surface area contributed by atoms with Gasteiger partial charge >= 0.3 is 12.3 Å². The lowest BCUT2D eigenvalue weighted by Crippen LogP contribution is -2.53. The van der Waals surface area contributed by atoms with Crippen LogP contribution in [0.4, 0.5) is 18.0 Å². The molecule has 3 N–H and O–H groups in total. The molecule has 1 rings (SSSR count). The van der Waals surface area contributed by atoms with Gasteiger partial charge in [0.15, 0.2) is 0 Å². The van der Waals surface area contributed by atoms with Crippen molar-refractivity contribution in [3.05, 3.63) is 23.2 Å². The van der Waals surface area contributed by atoms with Gasteiger partial charge in [0, 0.05) is 14.1 Å². The molecule has 0 aliphatic carbocycles. The molecule has 2 unspecified atom stereocenters. The Hall–Kier alpha value is -2.72. The zero-order valence-corrected chi connectivity index (χ0v) is 13.9. The number of rotatable bonds is 5. The second-order valence-electron chi connectivity index (χ2n) is 5.02. The Labute approximate surface area is 141 Å². The summed E-state index contributed by atoms with van der Waals surface area (Å²) in [6.07, 6.45) is -6.90. The molecule has 3 amide bonds. The predicted molar refractivity (Wildman–Crippen MR) is 78.8 cm³/mol. The van der Waals surface area contributed by atoms with E-state index in [2.05, 4.69) is 20.4 Å². The van der Waals surface area contributed by atoms with Gasteiger partial charge in [-0.3, -0.25) is 9.59 Å². The zero-order valence-electron chi connectivity index (χ0n) is 13.9. The summed E-state index contributed by atoms with van der Waals surface area (Å²) < 4.78 is 48.2. The van der Waals surface area contributed by atoms with E-state index in [1.165, 1.54) is 27.9 Å². The Morgan fingerprint density at radius 3 is 2.28 bits per heavy atom. The molecular formula is C14H18F3N3O5. The maximum atomic E-state index is 12.9. The Kier molecular flexibility index (Phi) is 6.42. The van der Waals surface area contributed by atoms with Crippen LogP contribution in [0, 0.1) is 6.92 Å². The van der Waals surface area contributed by atoms with Crippen molar-refractivity contribution in [2.75, 3.05) is 14.1 Å². The van der Waals surface area contributed by atoms with Crippen LogP contribution in [0.2, 0.25) is 0 Å². The fourth-order valence-corrected chi connectivity index (χ4v) is 1.96. The summed E-state index contributed by atoms with van der Waals surface area (Å²) >= 11 is 0. The number of ether oxygens (including phenoxy) is 1. The Morgan fingerprint density at radius 2 is 1.80 bits per heavy atom. The number of likely N-dealkylation sites (N-methyl/N-ethyl adjacent to an activating group) is 1. The van der Waals surface area contributed by atoms with Crippen LogP contribution in [0.3, 0.4) is 0 Å². The Bertz CT molecular complexity index is 657. The standard InChI is InChI=1S/C14H18F3N3O5/c1-6-5-8(10(24-6)14(15,16)17)11(21)20-9(12(22)18-3)7(2)25-13(23)19-4/h5,7,9H,1-4H3,(H,18,22)(H,19,23)(H,20,21). The van der Waals surface area contributed by atoms with Crippen molar-refractivity contribution in [1.82, 2.24) is 16.0 Å². The number of carbonyl (C=O) groups excluding carboxylic acids is 3. The molecule has 0 saturated carbocycles. The second kappa shape index (κ2) is 7.90. The highest BCUT2D eigenvalue weighted by Gasteiger charge is 2.41. The van der Waals surface area contributed by atoms with Crippen molar-refractivity contribution in [2.24, 2.45) is 0 Å². The van der Waals surface area contributed by atoms with Gasteiger partial charge in [0.05, 0.1) is 5.56 Å². The lowest BCUT2D eigenvalue weighted by Gasteiger charge is -2.23. The SMILES string of the molecule is CNC(=O)OC(C)C(NC(=O)c1cc(C)oc1C(F)(F)F)C(=O)NC. The number of alkyl carbamates (subject to hydrolysis) is 1. The second-order valence-corrected chi connectivity index (χ2v) is 5.02. The lowest BCUT2D eigenvalue weighted by atomic mass is 10.1. The first-order valence-corrected chi connectivity index (χ1v) is 7.09. The molecule has 0 aliphatic rings. The van der Waals surface area contributed by atoms with Crippen LogP contribution in [0.5, 0.6) is 0 Å². The lowest BCUT2D eigenvalue weighted by molar-refractivity contribution is -0.153. The normalized spacial score (nSPS) is 13.6. The number of aryl methyl sites for hydroxylation is 1. The van der Waals surface area contributed by atoms with Crippen LogP contribution in [0.1, 0.15) is 28.8 Å². The number of furan rings is 1. The Balaban J connectivity index is 3.07. The molecule has 1 heterocycles. The van der Waals surface area contributed by atoms with Gasteiger partial charge in [0.2, 0.25) is 11.7 Å². The molecule has 11 heteroatoms. The minimum Gasteiger partial charge on any atom is -0.456 e. The van der Waals surface area contributed by atoms with E-state index in [1.807, 2.05) is 0 Å². The number of halogens is 3. The summed E-state index contributed by atoms with van der Waals surface area (Å²) in [5.41, 5.74) is -0.772. The zero-order chi connectivity index (χ0) is 19.4. The average Bonchev–Trinajstić information content (AvgIpc) is 2.93. The Morgan fingerprint density at radius 1 is 1.20 bits per heavy atom.